The predicted octanol–water partition coefficient (Wildman–Crippen LogP) is 1.77. The van der Waals surface area contributed by atoms with Crippen molar-refractivity contribution in [1.29, 1.82) is 0 Å². The van der Waals surface area contributed by atoms with Gasteiger partial charge in [-0.25, -0.2) is 4.79 Å². The molecule has 1 aliphatic rings. The molecule has 14 heavy (non-hydrogen) atoms. The van der Waals surface area contributed by atoms with Crippen molar-refractivity contribution < 1.29 is 14.3 Å². The summed E-state index contributed by atoms with van der Waals surface area (Å²) in [6, 6.07) is 9.00. The minimum Gasteiger partial charge on any atom is -0.425 e. The number of esters is 1. The van der Waals surface area contributed by atoms with E-state index in [1.807, 2.05) is 32.0 Å². The van der Waals surface area contributed by atoms with Crippen molar-refractivity contribution >= 4 is 5.97 Å². The third kappa shape index (κ3) is 1.77. The van der Waals surface area contributed by atoms with E-state index in [4.69, 9.17) is 9.47 Å². The fourth-order valence-corrected chi connectivity index (χ4v) is 1.26. The fraction of sp³-hybridized carbons (Fsp3) is 0.364. The van der Waals surface area contributed by atoms with Crippen LogP contribution in [0.25, 0.3) is 0 Å². The summed E-state index contributed by atoms with van der Waals surface area (Å²) in [6.45, 7) is 3.73. The molecule has 0 radical (unpaired) electrons. The Kier molecular flexibility index (Phi) is 2.04. The molecule has 1 aromatic rings. The molecule has 1 aliphatic heterocycles. The molecule has 0 saturated carbocycles. The lowest BCUT2D eigenvalue weighted by molar-refractivity contribution is -0.135. The van der Waals surface area contributed by atoms with Crippen molar-refractivity contribution in [3.63, 3.8) is 0 Å². The molecule has 0 spiro atoms. The van der Waals surface area contributed by atoms with Crippen LogP contribution in [0.1, 0.15) is 13.8 Å². The van der Waals surface area contributed by atoms with Gasteiger partial charge in [0.05, 0.1) is 0 Å². The topological polar surface area (TPSA) is 38.8 Å². The first-order chi connectivity index (χ1) is 6.59. The Morgan fingerprint density at radius 1 is 1.36 bits per heavy atom. The van der Waals surface area contributed by atoms with E-state index in [2.05, 4.69) is 0 Å². The molecular formula is C11H12O3. The fourth-order valence-electron chi connectivity index (χ4n) is 1.26. The van der Waals surface area contributed by atoms with Gasteiger partial charge in [-0.2, -0.15) is 0 Å². The number of epoxide rings is 1. The summed E-state index contributed by atoms with van der Waals surface area (Å²) in [7, 11) is 0. The Morgan fingerprint density at radius 3 is 2.43 bits per heavy atom. The van der Waals surface area contributed by atoms with Gasteiger partial charge in [0.15, 0.2) is 6.10 Å². The number of hydrogen-bond donors (Lipinski definition) is 0. The maximum atomic E-state index is 11.4. The van der Waals surface area contributed by atoms with Gasteiger partial charge in [0.1, 0.15) is 11.4 Å². The predicted molar refractivity (Wildman–Crippen MR) is 51.0 cm³/mol. The van der Waals surface area contributed by atoms with E-state index in [-0.39, 0.29) is 11.6 Å². The van der Waals surface area contributed by atoms with E-state index in [1.165, 1.54) is 0 Å². The maximum Gasteiger partial charge on any atom is 0.343 e. The molecule has 0 aliphatic carbocycles. The minimum absolute atomic E-state index is 0.318. The van der Waals surface area contributed by atoms with Crippen molar-refractivity contribution in [2.45, 2.75) is 25.6 Å². The highest BCUT2D eigenvalue weighted by Gasteiger charge is 2.54. The van der Waals surface area contributed by atoms with Gasteiger partial charge in [-0.05, 0) is 26.0 Å². The van der Waals surface area contributed by atoms with E-state index in [1.54, 1.807) is 12.1 Å². The second-order valence-electron chi connectivity index (χ2n) is 3.84. The van der Waals surface area contributed by atoms with E-state index in [9.17, 15) is 4.79 Å². The second-order valence-corrected chi connectivity index (χ2v) is 3.84. The van der Waals surface area contributed by atoms with Crippen LogP contribution in [0, 0.1) is 0 Å². The number of para-hydroxylation sites is 1. The first-order valence-corrected chi connectivity index (χ1v) is 4.54. The molecule has 1 unspecified atom stereocenters. The van der Waals surface area contributed by atoms with Crippen LogP contribution in [0.15, 0.2) is 30.3 Å². The zero-order valence-corrected chi connectivity index (χ0v) is 8.19. The summed E-state index contributed by atoms with van der Waals surface area (Å²) in [5, 5.41) is 0. The minimum atomic E-state index is -0.414. The molecule has 74 valence electrons. The summed E-state index contributed by atoms with van der Waals surface area (Å²) >= 11 is 0. The number of carbonyl (C=O) groups excluding carboxylic acids is 1. The lowest BCUT2D eigenvalue weighted by Gasteiger charge is -2.01. The molecule has 0 bridgehead atoms. The summed E-state index contributed by atoms with van der Waals surface area (Å²) < 4.78 is 10.3. The zero-order chi connectivity index (χ0) is 10.2. The molecule has 0 N–H and O–H groups in total. The lowest BCUT2D eigenvalue weighted by Crippen LogP contribution is -2.20. The van der Waals surface area contributed by atoms with Crippen molar-refractivity contribution in [3.8, 4) is 5.75 Å². The van der Waals surface area contributed by atoms with Crippen molar-refractivity contribution in [3.05, 3.63) is 30.3 Å². The van der Waals surface area contributed by atoms with Crippen LogP contribution < -0.4 is 4.74 Å². The molecule has 1 atom stereocenters. The third-order valence-electron chi connectivity index (χ3n) is 2.17. The van der Waals surface area contributed by atoms with Gasteiger partial charge in [0.25, 0.3) is 0 Å². The quantitative estimate of drug-likeness (QED) is 0.407. The van der Waals surface area contributed by atoms with Gasteiger partial charge in [-0.1, -0.05) is 18.2 Å². The van der Waals surface area contributed by atoms with Crippen molar-refractivity contribution in [2.24, 2.45) is 0 Å². The molecule has 3 nitrogen and oxygen atoms in total. The van der Waals surface area contributed by atoms with E-state index >= 15 is 0 Å². The van der Waals surface area contributed by atoms with Gasteiger partial charge >= 0.3 is 5.97 Å². The lowest BCUT2D eigenvalue weighted by atomic mass is 10.1. The second kappa shape index (κ2) is 3.10. The SMILES string of the molecule is CC1(C)OC1C(=O)Oc1ccccc1. The van der Waals surface area contributed by atoms with Gasteiger partial charge < -0.3 is 9.47 Å². The summed E-state index contributed by atoms with van der Waals surface area (Å²) in [6.07, 6.45) is -0.414. The Hall–Kier alpha value is -1.35. The Balaban J connectivity index is 1.97. The first-order valence-electron chi connectivity index (χ1n) is 4.54. The van der Waals surface area contributed by atoms with Crippen LogP contribution in [-0.2, 0) is 9.53 Å². The molecule has 0 amide bonds. The molecule has 3 heteroatoms. The van der Waals surface area contributed by atoms with Gasteiger partial charge in [-0.3, -0.25) is 0 Å². The zero-order valence-electron chi connectivity index (χ0n) is 8.19. The van der Waals surface area contributed by atoms with Crippen molar-refractivity contribution in [1.82, 2.24) is 0 Å². The summed E-state index contributed by atoms with van der Waals surface area (Å²) in [4.78, 5) is 11.4. The highest BCUT2D eigenvalue weighted by molar-refractivity contribution is 5.81. The standard InChI is InChI=1S/C11H12O3/c1-11(2)9(14-11)10(12)13-8-6-4-3-5-7-8/h3-7,9H,1-2H3. The van der Waals surface area contributed by atoms with Gasteiger partial charge in [0, 0.05) is 0 Å². The van der Waals surface area contributed by atoms with Crippen LogP contribution >= 0.6 is 0 Å². The largest absolute Gasteiger partial charge is 0.425 e. The van der Waals surface area contributed by atoms with Crippen LogP contribution in [0.3, 0.4) is 0 Å². The number of rotatable bonds is 2. The van der Waals surface area contributed by atoms with Crippen LogP contribution in [-0.4, -0.2) is 17.7 Å². The Labute approximate surface area is 82.6 Å². The van der Waals surface area contributed by atoms with Crippen molar-refractivity contribution in [2.75, 3.05) is 0 Å². The van der Waals surface area contributed by atoms with E-state index in [0.29, 0.717) is 5.75 Å². The van der Waals surface area contributed by atoms with E-state index < -0.39 is 6.10 Å². The highest BCUT2D eigenvalue weighted by atomic mass is 16.7. The number of carbonyl (C=O) groups is 1. The number of benzene rings is 1. The average Bonchev–Trinajstić information content (AvgIpc) is 2.77. The average molecular weight is 192 g/mol. The third-order valence-corrected chi connectivity index (χ3v) is 2.17. The van der Waals surface area contributed by atoms with Gasteiger partial charge in [-0.15, -0.1) is 0 Å². The smallest absolute Gasteiger partial charge is 0.343 e. The Morgan fingerprint density at radius 2 is 1.93 bits per heavy atom. The molecule has 0 aromatic heterocycles. The summed E-state index contributed by atoms with van der Waals surface area (Å²) in [5.41, 5.74) is -0.355. The normalized spacial score (nSPS) is 22.9. The number of ether oxygens (including phenoxy) is 2. The van der Waals surface area contributed by atoms with Crippen LogP contribution in [0.4, 0.5) is 0 Å². The number of hydrogen-bond acceptors (Lipinski definition) is 3. The van der Waals surface area contributed by atoms with E-state index in [0.717, 1.165) is 0 Å². The highest BCUT2D eigenvalue weighted by Crippen LogP contribution is 2.36. The molecule has 1 heterocycles. The van der Waals surface area contributed by atoms with Crippen LogP contribution in [0.5, 0.6) is 5.75 Å². The van der Waals surface area contributed by atoms with Gasteiger partial charge in [0.2, 0.25) is 0 Å². The monoisotopic (exact) mass is 192 g/mol. The Bertz CT molecular complexity index is 343. The molecule has 1 saturated heterocycles. The molecule has 1 aromatic carbocycles. The molecule has 1 fully saturated rings. The van der Waals surface area contributed by atoms with Crippen LogP contribution in [0.2, 0.25) is 0 Å². The summed E-state index contributed by atoms with van der Waals surface area (Å²) in [5.74, 6) is 0.241. The first kappa shape index (κ1) is 9.21. The molecular weight excluding hydrogens is 180 g/mol. The molecule has 2 rings (SSSR count). The maximum absolute atomic E-state index is 11.4.